The average molecular weight is 322 g/mol. The topological polar surface area (TPSA) is 41.6 Å². The Morgan fingerprint density at radius 2 is 1.91 bits per heavy atom. The average Bonchev–Trinajstić information content (AvgIpc) is 2.53. The molecule has 1 aliphatic heterocycles. The second kappa shape index (κ2) is 9.50. The molecule has 0 unspecified atom stereocenters. The molecule has 0 atom stereocenters. The van der Waals surface area contributed by atoms with Crippen LogP contribution < -0.4 is 10.1 Å². The van der Waals surface area contributed by atoms with E-state index in [1.807, 2.05) is 0 Å². The smallest absolute Gasteiger partial charge is 0.217 e. The monoisotopic (exact) mass is 322 g/mol. The summed E-state index contributed by atoms with van der Waals surface area (Å²) in [7, 11) is 0. The van der Waals surface area contributed by atoms with Crippen molar-refractivity contribution in [3.63, 3.8) is 0 Å². The lowest BCUT2D eigenvalue weighted by Gasteiger charge is -2.32. The summed E-state index contributed by atoms with van der Waals surface area (Å²) in [5.41, 5.74) is 0. The van der Waals surface area contributed by atoms with Gasteiger partial charge in [0, 0.05) is 26.1 Å². The van der Waals surface area contributed by atoms with E-state index in [1.165, 1.54) is 12.1 Å². The molecule has 1 fully saturated rings. The molecule has 1 aromatic carbocycles. The molecule has 1 saturated heterocycles. The number of unbranched alkanes of at least 4 members (excludes halogenated alkanes) is 2. The number of rotatable bonds is 8. The van der Waals surface area contributed by atoms with Gasteiger partial charge in [-0.3, -0.25) is 4.79 Å². The first-order valence-electron chi connectivity index (χ1n) is 8.51. The number of amides is 1. The summed E-state index contributed by atoms with van der Waals surface area (Å²) in [6, 6.07) is 6.51. The second-order valence-electron chi connectivity index (χ2n) is 6.18. The molecule has 0 spiro atoms. The Morgan fingerprint density at radius 1 is 1.22 bits per heavy atom. The highest BCUT2D eigenvalue weighted by molar-refractivity contribution is 5.73. The molecule has 0 aliphatic carbocycles. The van der Waals surface area contributed by atoms with E-state index in [-0.39, 0.29) is 11.7 Å². The molecule has 23 heavy (non-hydrogen) atoms. The van der Waals surface area contributed by atoms with Gasteiger partial charge in [0.25, 0.3) is 0 Å². The summed E-state index contributed by atoms with van der Waals surface area (Å²) in [4.78, 5) is 13.5. The number of hydrogen-bond donors (Lipinski definition) is 1. The second-order valence-corrected chi connectivity index (χ2v) is 6.18. The van der Waals surface area contributed by atoms with Crippen LogP contribution in [0.5, 0.6) is 5.75 Å². The molecular weight excluding hydrogens is 295 g/mol. The van der Waals surface area contributed by atoms with Crippen molar-refractivity contribution in [2.45, 2.75) is 45.1 Å². The summed E-state index contributed by atoms with van der Waals surface area (Å²) in [6.45, 7) is 5.51. The number of halogens is 1. The molecule has 1 aliphatic rings. The predicted molar refractivity (Wildman–Crippen MR) is 89.0 cm³/mol. The predicted octanol–water partition coefficient (Wildman–Crippen LogP) is 2.98. The molecule has 0 saturated carbocycles. The highest BCUT2D eigenvalue weighted by Crippen LogP contribution is 2.13. The third-order valence-electron chi connectivity index (χ3n) is 4.20. The number of carbonyl (C=O) groups excluding carboxylic acids is 1. The molecule has 1 aromatic rings. The lowest BCUT2D eigenvalue weighted by molar-refractivity contribution is -0.119. The molecule has 2 rings (SSSR count). The minimum absolute atomic E-state index is 0.0737. The van der Waals surface area contributed by atoms with E-state index < -0.39 is 0 Å². The van der Waals surface area contributed by atoms with Crippen molar-refractivity contribution < 1.29 is 13.9 Å². The maximum absolute atomic E-state index is 12.8. The van der Waals surface area contributed by atoms with Gasteiger partial charge in [-0.15, -0.1) is 0 Å². The number of likely N-dealkylation sites (tertiary alicyclic amines) is 1. The van der Waals surface area contributed by atoms with E-state index in [9.17, 15) is 9.18 Å². The van der Waals surface area contributed by atoms with E-state index in [2.05, 4.69) is 10.2 Å². The maximum Gasteiger partial charge on any atom is 0.217 e. The van der Waals surface area contributed by atoms with Crippen LogP contribution in [0.15, 0.2) is 24.3 Å². The fourth-order valence-corrected chi connectivity index (χ4v) is 2.92. The molecule has 4 nitrogen and oxygen atoms in total. The summed E-state index contributed by atoms with van der Waals surface area (Å²) >= 11 is 0. The minimum atomic E-state index is -0.236. The number of hydrogen-bond acceptors (Lipinski definition) is 3. The number of piperidine rings is 1. The molecule has 1 heterocycles. The minimum Gasteiger partial charge on any atom is -0.494 e. The number of nitrogens with zero attached hydrogens (tertiary/aromatic N) is 1. The van der Waals surface area contributed by atoms with E-state index in [1.54, 1.807) is 19.1 Å². The summed E-state index contributed by atoms with van der Waals surface area (Å²) in [5.74, 6) is 0.565. The Morgan fingerprint density at radius 3 is 2.57 bits per heavy atom. The molecular formula is C18H27FN2O2. The highest BCUT2D eigenvalue weighted by atomic mass is 19.1. The fraction of sp³-hybridized carbons (Fsp3) is 0.611. The van der Waals surface area contributed by atoms with Crippen LogP contribution in [-0.2, 0) is 4.79 Å². The summed E-state index contributed by atoms with van der Waals surface area (Å²) in [5, 5.41) is 3.00. The lowest BCUT2D eigenvalue weighted by atomic mass is 10.0. The number of benzene rings is 1. The Kier molecular flexibility index (Phi) is 7.33. The molecule has 0 aromatic heterocycles. The van der Waals surface area contributed by atoms with Gasteiger partial charge < -0.3 is 15.0 Å². The van der Waals surface area contributed by atoms with E-state index in [0.29, 0.717) is 12.6 Å². The van der Waals surface area contributed by atoms with Crippen molar-refractivity contribution >= 4 is 5.91 Å². The first-order valence-corrected chi connectivity index (χ1v) is 8.51. The van der Waals surface area contributed by atoms with Crippen LogP contribution in [0, 0.1) is 5.82 Å². The van der Waals surface area contributed by atoms with Gasteiger partial charge >= 0.3 is 0 Å². The Hall–Kier alpha value is -1.62. The third-order valence-corrected chi connectivity index (χ3v) is 4.20. The highest BCUT2D eigenvalue weighted by Gasteiger charge is 2.18. The molecule has 5 heteroatoms. The zero-order valence-electron chi connectivity index (χ0n) is 13.9. The zero-order chi connectivity index (χ0) is 16.5. The van der Waals surface area contributed by atoms with Crippen LogP contribution in [0.4, 0.5) is 4.39 Å². The maximum atomic E-state index is 12.8. The largest absolute Gasteiger partial charge is 0.494 e. The van der Waals surface area contributed by atoms with E-state index in [4.69, 9.17) is 4.74 Å². The van der Waals surface area contributed by atoms with Crippen LogP contribution in [0.25, 0.3) is 0 Å². The van der Waals surface area contributed by atoms with Gasteiger partial charge in [0.05, 0.1) is 6.61 Å². The van der Waals surface area contributed by atoms with Crippen LogP contribution in [0.2, 0.25) is 0 Å². The third kappa shape index (κ3) is 6.99. The quantitative estimate of drug-likeness (QED) is 0.748. The van der Waals surface area contributed by atoms with E-state index in [0.717, 1.165) is 57.5 Å². The van der Waals surface area contributed by atoms with Crippen molar-refractivity contribution in [2.24, 2.45) is 0 Å². The molecule has 1 N–H and O–H groups in total. The molecule has 0 bridgehead atoms. The van der Waals surface area contributed by atoms with Gasteiger partial charge in [0.1, 0.15) is 11.6 Å². The van der Waals surface area contributed by atoms with Crippen LogP contribution in [0.3, 0.4) is 0 Å². The van der Waals surface area contributed by atoms with Gasteiger partial charge in [0.2, 0.25) is 5.91 Å². The normalized spacial score (nSPS) is 16.3. The molecule has 1 amide bonds. The first-order chi connectivity index (χ1) is 11.1. The standard InChI is InChI=1S/C18H27FN2O2/c1-15(22)20-17-9-12-21(13-10-17)11-3-2-4-14-23-18-7-5-16(19)6-8-18/h5-8,17H,2-4,9-14H2,1H3,(H,20,22). The Bertz CT molecular complexity index is 470. The van der Waals surface area contributed by atoms with Crippen molar-refractivity contribution in [1.82, 2.24) is 10.2 Å². The Labute approximate surface area is 138 Å². The van der Waals surface area contributed by atoms with Crippen LogP contribution in [-0.4, -0.2) is 43.1 Å². The SMILES string of the molecule is CC(=O)NC1CCN(CCCCCOc2ccc(F)cc2)CC1. The van der Waals surface area contributed by atoms with Crippen molar-refractivity contribution in [3.05, 3.63) is 30.1 Å². The van der Waals surface area contributed by atoms with Crippen molar-refractivity contribution in [1.29, 1.82) is 0 Å². The van der Waals surface area contributed by atoms with E-state index >= 15 is 0 Å². The number of ether oxygens (including phenoxy) is 1. The van der Waals surface area contributed by atoms with Crippen molar-refractivity contribution in [2.75, 3.05) is 26.2 Å². The van der Waals surface area contributed by atoms with Crippen molar-refractivity contribution in [3.8, 4) is 5.75 Å². The summed E-state index contributed by atoms with van der Waals surface area (Å²) < 4.78 is 18.3. The van der Waals surface area contributed by atoms with Gasteiger partial charge in [-0.2, -0.15) is 0 Å². The number of carbonyl (C=O) groups is 1. The molecule has 0 radical (unpaired) electrons. The Balaban J connectivity index is 1.48. The van der Waals surface area contributed by atoms with Crippen LogP contribution >= 0.6 is 0 Å². The molecule has 128 valence electrons. The number of nitrogens with one attached hydrogen (secondary N) is 1. The van der Waals surface area contributed by atoms with Gasteiger partial charge in [-0.25, -0.2) is 4.39 Å². The fourth-order valence-electron chi connectivity index (χ4n) is 2.92. The van der Waals surface area contributed by atoms with Gasteiger partial charge in [0.15, 0.2) is 0 Å². The first kappa shape index (κ1) is 17.7. The van der Waals surface area contributed by atoms with Crippen LogP contribution in [0.1, 0.15) is 39.0 Å². The summed E-state index contributed by atoms with van der Waals surface area (Å²) in [6.07, 6.45) is 5.41. The van der Waals surface area contributed by atoms with Gasteiger partial charge in [-0.1, -0.05) is 0 Å². The zero-order valence-corrected chi connectivity index (χ0v) is 13.9. The lowest BCUT2D eigenvalue weighted by Crippen LogP contribution is -2.44. The van der Waals surface area contributed by atoms with Gasteiger partial charge in [-0.05, 0) is 62.9 Å².